The number of non-ortho nitro benzene ring substituents is 2. The van der Waals surface area contributed by atoms with E-state index < -0.39 is 22.1 Å². The fourth-order valence-corrected chi connectivity index (χ4v) is 7.31. The molecule has 4 rings (SSSR count). The number of halogens is 2. The molecule has 0 aromatic heterocycles. The highest BCUT2D eigenvalue weighted by Crippen LogP contribution is 2.32. The van der Waals surface area contributed by atoms with Crippen molar-refractivity contribution in [3.8, 4) is 0 Å². The molecule has 4 aromatic rings. The number of nitro groups is 2. The summed E-state index contributed by atoms with van der Waals surface area (Å²) in [6.07, 6.45) is -1.00. The van der Waals surface area contributed by atoms with E-state index >= 15 is 0 Å². The summed E-state index contributed by atoms with van der Waals surface area (Å²) in [5.41, 5.74) is 3.38. The van der Waals surface area contributed by atoms with E-state index in [-0.39, 0.29) is 60.9 Å². The van der Waals surface area contributed by atoms with Crippen molar-refractivity contribution in [3.63, 3.8) is 0 Å². The maximum atomic E-state index is 11.0. The summed E-state index contributed by atoms with van der Waals surface area (Å²) in [5, 5.41) is 79.9. The Morgan fingerprint density at radius 2 is 0.985 bits per heavy atom. The number of aliphatic hydroxyl groups is 4. The maximum absolute atomic E-state index is 11.0. The van der Waals surface area contributed by atoms with Crippen molar-refractivity contribution in [2.24, 2.45) is 20.5 Å². The lowest BCUT2D eigenvalue weighted by Gasteiger charge is -2.29. The zero-order chi connectivity index (χ0) is 48.6. The Labute approximate surface area is 400 Å². The maximum Gasteiger partial charge on any atom is 0.271 e. The number of azo groups is 2. The second-order valence-electron chi connectivity index (χ2n) is 15.2. The van der Waals surface area contributed by atoms with E-state index in [0.29, 0.717) is 94.7 Å². The van der Waals surface area contributed by atoms with Crippen LogP contribution < -0.4 is 9.80 Å². The summed E-state index contributed by atoms with van der Waals surface area (Å²) in [6, 6.07) is 22.8. The van der Waals surface area contributed by atoms with Crippen molar-refractivity contribution in [1.29, 1.82) is 0 Å². The van der Waals surface area contributed by atoms with Crippen LogP contribution in [0.15, 0.2) is 105 Å². The van der Waals surface area contributed by atoms with E-state index in [1.807, 2.05) is 47.9 Å². The van der Waals surface area contributed by atoms with Crippen LogP contribution in [0, 0.1) is 20.2 Å². The molecule has 0 fully saturated rings. The molecular formula is C45H60Cl2N10O10. The first-order chi connectivity index (χ1) is 32.3. The van der Waals surface area contributed by atoms with Gasteiger partial charge in [0.05, 0.1) is 83.1 Å². The second kappa shape index (κ2) is 29.5. The molecule has 0 aliphatic heterocycles. The quantitative estimate of drug-likeness (QED) is 0.0158. The number of ether oxygens (including phenoxy) is 2. The van der Waals surface area contributed by atoms with Gasteiger partial charge in [0.1, 0.15) is 11.4 Å². The summed E-state index contributed by atoms with van der Waals surface area (Å²) in [7, 11) is 0. The van der Waals surface area contributed by atoms with Crippen LogP contribution in [0.5, 0.6) is 0 Å². The third-order valence-electron chi connectivity index (χ3n) is 10.4. The molecule has 0 aliphatic carbocycles. The monoisotopic (exact) mass is 970 g/mol. The number of aliphatic hydroxyl groups excluding tert-OH is 4. The lowest BCUT2D eigenvalue weighted by molar-refractivity contribution is -0.385. The van der Waals surface area contributed by atoms with E-state index in [0.717, 1.165) is 11.4 Å². The van der Waals surface area contributed by atoms with Gasteiger partial charge in [0.25, 0.3) is 11.4 Å². The molecule has 0 radical (unpaired) electrons. The summed E-state index contributed by atoms with van der Waals surface area (Å²) in [4.78, 5) is 29.1. The van der Waals surface area contributed by atoms with Gasteiger partial charge in [0, 0.05) is 88.0 Å². The SMILES string of the molecule is CCN(CCOCC(O)CN(CCCN(CCO)CCO)CC(O)COCCN(CC)c1ccc(N=Nc2ccc([N+](=O)[O-])cc2Cl)cc1)c1ccc(N=Nc2ccc([N+](=O)[O-])cc2Cl)cc1. The van der Waals surface area contributed by atoms with Crippen molar-refractivity contribution in [2.75, 3.05) is 115 Å². The predicted octanol–water partition coefficient (Wildman–Crippen LogP) is 7.73. The lowest BCUT2D eigenvalue weighted by atomic mass is 10.2. The van der Waals surface area contributed by atoms with Gasteiger partial charge in [0.2, 0.25) is 0 Å². The summed E-state index contributed by atoms with van der Waals surface area (Å²) in [6.45, 7) is 9.88. The summed E-state index contributed by atoms with van der Waals surface area (Å²) < 4.78 is 11.8. The fraction of sp³-hybridized carbons (Fsp3) is 0.467. The minimum absolute atomic E-state index is 0.0287. The Hall–Kier alpha value is -5.26. The minimum atomic E-state index is -0.839. The van der Waals surface area contributed by atoms with Crippen molar-refractivity contribution in [3.05, 3.63) is 115 Å². The van der Waals surface area contributed by atoms with Crippen LogP contribution >= 0.6 is 23.2 Å². The van der Waals surface area contributed by atoms with E-state index in [4.69, 9.17) is 32.7 Å². The van der Waals surface area contributed by atoms with Crippen LogP contribution in [-0.4, -0.2) is 157 Å². The number of nitro benzene ring substituents is 2. The normalized spacial score (nSPS) is 12.7. The van der Waals surface area contributed by atoms with Crippen molar-refractivity contribution in [1.82, 2.24) is 9.80 Å². The first-order valence-corrected chi connectivity index (χ1v) is 22.7. The highest BCUT2D eigenvalue weighted by atomic mass is 35.5. The number of benzene rings is 4. The van der Waals surface area contributed by atoms with E-state index in [2.05, 4.69) is 30.3 Å². The van der Waals surface area contributed by atoms with Crippen LogP contribution in [0.4, 0.5) is 45.5 Å². The Balaban J connectivity index is 1.23. The molecule has 0 saturated heterocycles. The number of hydrogen-bond acceptors (Lipinski definition) is 18. The Kier molecular flexibility index (Phi) is 23.9. The Bertz CT molecular complexity index is 2030. The van der Waals surface area contributed by atoms with Gasteiger partial charge in [-0.25, -0.2) is 0 Å². The molecule has 0 saturated carbocycles. The molecule has 2 atom stereocenters. The Morgan fingerprint density at radius 3 is 1.34 bits per heavy atom. The van der Waals surface area contributed by atoms with E-state index in [1.54, 1.807) is 24.3 Å². The number of rotatable bonds is 32. The van der Waals surface area contributed by atoms with Gasteiger partial charge in [-0.15, -0.1) is 10.2 Å². The van der Waals surface area contributed by atoms with Gasteiger partial charge in [0.15, 0.2) is 0 Å². The number of hydrogen-bond donors (Lipinski definition) is 4. The molecule has 0 spiro atoms. The van der Waals surface area contributed by atoms with Gasteiger partial charge < -0.3 is 39.7 Å². The van der Waals surface area contributed by atoms with Gasteiger partial charge in [-0.1, -0.05) is 23.2 Å². The highest BCUT2D eigenvalue weighted by molar-refractivity contribution is 6.33. The van der Waals surface area contributed by atoms with Crippen molar-refractivity contribution in [2.45, 2.75) is 32.5 Å². The summed E-state index contributed by atoms with van der Waals surface area (Å²) in [5.74, 6) is 0. The molecular weight excluding hydrogens is 911 g/mol. The average molecular weight is 972 g/mol. The van der Waals surface area contributed by atoms with E-state index in [1.165, 1.54) is 36.4 Å². The molecule has 4 N–H and O–H groups in total. The highest BCUT2D eigenvalue weighted by Gasteiger charge is 2.18. The molecule has 0 heterocycles. The predicted molar refractivity (Wildman–Crippen MR) is 259 cm³/mol. The van der Waals surface area contributed by atoms with Crippen LogP contribution in [0.2, 0.25) is 10.0 Å². The average Bonchev–Trinajstić information content (AvgIpc) is 3.31. The molecule has 22 heteroatoms. The first kappa shape index (κ1) is 54.3. The molecule has 0 amide bonds. The van der Waals surface area contributed by atoms with E-state index in [9.17, 15) is 40.7 Å². The third kappa shape index (κ3) is 19.1. The number of anilines is 2. The van der Waals surface area contributed by atoms with Gasteiger partial charge in [-0.3, -0.25) is 30.0 Å². The van der Waals surface area contributed by atoms with Crippen LogP contribution in [0.3, 0.4) is 0 Å². The van der Waals surface area contributed by atoms with Gasteiger partial charge >= 0.3 is 0 Å². The topological polar surface area (TPSA) is 248 Å². The molecule has 67 heavy (non-hydrogen) atoms. The molecule has 364 valence electrons. The van der Waals surface area contributed by atoms with Gasteiger partial charge in [-0.05, 0) is 94.0 Å². The molecule has 20 nitrogen and oxygen atoms in total. The van der Waals surface area contributed by atoms with Crippen LogP contribution in [0.25, 0.3) is 0 Å². The minimum Gasteiger partial charge on any atom is -0.395 e. The fourth-order valence-electron chi connectivity index (χ4n) is 6.89. The van der Waals surface area contributed by atoms with Crippen molar-refractivity contribution >= 4 is 68.7 Å². The van der Waals surface area contributed by atoms with Crippen molar-refractivity contribution < 1.29 is 39.7 Å². The smallest absolute Gasteiger partial charge is 0.271 e. The standard InChI is InChI=1S/C45H60Cl2N10O10/c1-3-54(36-10-6-34(7-11-36)48-50-44-16-14-38(56(62)63)28-42(44)46)22-26-66-32-40(60)30-53(19-5-18-52(20-24-58)21-25-59)31-41(61)33-67-27-23-55(4-2)37-12-8-35(9-13-37)49-51-45-17-15-39(57(64)65)29-43(45)47/h6-17,28-29,40-41,58-61H,3-5,18-27,30-33H2,1-2H3. The zero-order valence-electron chi connectivity index (χ0n) is 37.7. The lowest BCUT2D eigenvalue weighted by Crippen LogP contribution is -2.42. The third-order valence-corrected chi connectivity index (χ3v) is 11.0. The van der Waals surface area contributed by atoms with Crippen LogP contribution in [-0.2, 0) is 9.47 Å². The van der Waals surface area contributed by atoms with Crippen LogP contribution in [0.1, 0.15) is 20.3 Å². The molecule has 0 bridgehead atoms. The largest absolute Gasteiger partial charge is 0.395 e. The first-order valence-electron chi connectivity index (χ1n) is 21.9. The zero-order valence-corrected chi connectivity index (χ0v) is 39.2. The molecule has 4 aromatic carbocycles. The Morgan fingerprint density at radius 1 is 0.582 bits per heavy atom. The van der Waals surface area contributed by atoms with Gasteiger partial charge in [-0.2, -0.15) is 10.2 Å². The molecule has 2 unspecified atom stereocenters. The number of likely N-dealkylation sites (N-methyl/N-ethyl adjacent to an activating group) is 2. The number of nitrogens with zero attached hydrogens (tertiary/aromatic N) is 10. The summed E-state index contributed by atoms with van der Waals surface area (Å²) >= 11 is 12.3. The second-order valence-corrected chi connectivity index (χ2v) is 16.1. The molecule has 0 aliphatic rings.